The van der Waals surface area contributed by atoms with E-state index in [0.717, 1.165) is 28.9 Å². The standard InChI is InChI=1S/C21H35NOS/c1-3-23-16-8-9-18-20(14-16)24-19-7-5-4-6-17(19)21(18)15-10-12-22(2)13-11-15/h16-20H,3-14H2,1-2H3. The maximum absolute atomic E-state index is 6.03. The van der Waals surface area contributed by atoms with Crippen LogP contribution in [0, 0.1) is 11.8 Å². The molecule has 2 aliphatic carbocycles. The summed E-state index contributed by atoms with van der Waals surface area (Å²) in [5.74, 6) is 1.80. The van der Waals surface area contributed by atoms with Gasteiger partial charge in [-0.25, -0.2) is 0 Å². The Balaban J connectivity index is 1.60. The lowest BCUT2D eigenvalue weighted by atomic mass is 9.69. The molecule has 4 rings (SSSR count). The second kappa shape index (κ2) is 7.72. The molecule has 0 amide bonds. The van der Waals surface area contributed by atoms with Gasteiger partial charge in [0.2, 0.25) is 0 Å². The van der Waals surface area contributed by atoms with E-state index in [2.05, 4.69) is 30.6 Å². The number of ether oxygens (including phenoxy) is 1. The molecule has 0 bridgehead atoms. The molecule has 0 radical (unpaired) electrons. The van der Waals surface area contributed by atoms with Gasteiger partial charge in [-0.15, -0.1) is 0 Å². The van der Waals surface area contributed by atoms with E-state index < -0.39 is 0 Å². The van der Waals surface area contributed by atoms with Crippen LogP contribution in [0.2, 0.25) is 0 Å². The minimum absolute atomic E-state index is 0.535. The molecule has 136 valence electrons. The highest BCUT2D eigenvalue weighted by Gasteiger charge is 2.45. The Hall–Kier alpha value is 0.01000. The van der Waals surface area contributed by atoms with Crippen molar-refractivity contribution < 1.29 is 4.74 Å². The Bertz CT molecular complexity index is 466. The predicted octanol–water partition coefficient (Wildman–Crippen LogP) is 4.89. The normalized spacial score (nSPS) is 41.0. The van der Waals surface area contributed by atoms with Crippen LogP contribution in [0.4, 0.5) is 0 Å². The summed E-state index contributed by atoms with van der Waals surface area (Å²) in [5, 5.41) is 1.76. The molecule has 2 saturated heterocycles. The van der Waals surface area contributed by atoms with Gasteiger partial charge in [-0.3, -0.25) is 0 Å². The fourth-order valence-corrected chi connectivity index (χ4v) is 7.82. The number of nitrogens with zero attached hydrogens (tertiary/aromatic N) is 1. The molecule has 0 spiro atoms. The summed E-state index contributed by atoms with van der Waals surface area (Å²) < 4.78 is 6.03. The van der Waals surface area contributed by atoms with Crippen LogP contribution in [-0.2, 0) is 4.74 Å². The number of allylic oxidation sites excluding steroid dienone is 1. The average Bonchev–Trinajstić information content (AvgIpc) is 2.61. The molecule has 0 aromatic carbocycles. The second-order valence-corrected chi connectivity index (χ2v) is 9.95. The molecule has 24 heavy (non-hydrogen) atoms. The van der Waals surface area contributed by atoms with Crippen LogP contribution in [0.5, 0.6) is 0 Å². The molecule has 0 aromatic rings. The highest BCUT2D eigenvalue weighted by Crippen LogP contribution is 2.55. The number of rotatable bonds is 2. The van der Waals surface area contributed by atoms with E-state index in [4.69, 9.17) is 4.74 Å². The lowest BCUT2D eigenvalue weighted by Crippen LogP contribution is -2.44. The van der Waals surface area contributed by atoms with Crippen molar-refractivity contribution in [2.24, 2.45) is 11.8 Å². The van der Waals surface area contributed by atoms with Gasteiger partial charge in [-0.1, -0.05) is 24.0 Å². The topological polar surface area (TPSA) is 12.5 Å². The monoisotopic (exact) mass is 349 g/mol. The summed E-state index contributed by atoms with van der Waals surface area (Å²) >= 11 is 2.37. The summed E-state index contributed by atoms with van der Waals surface area (Å²) in [5.41, 5.74) is 3.86. The Labute approximate surface area is 152 Å². The van der Waals surface area contributed by atoms with Crippen molar-refractivity contribution in [2.75, 3.05) is 26.7 Å². The zero-order chi connectivity index (χ0) is 16.5. The van der Waals surface area contributed by atoms with Crippen LogP contribution in [0.1, 0.15) is 64.7 Å². The van der Waals surface area contributed by atoms with Gasteiger partial charge in [-0.2, -0.15) is 11.8 Å². The van der Waals surface area contributed by atoms with Gasteiger partial charge in [0, 0.05) is 30.2 Å². The molecular weight excluding hydrogens is 314 g/mol. The molecule has 2 heterocycles. The first-order valence-electron chi connectivity index (χ1n) is 10.4. The molecule has 0 N–H and O–H groups in total. The molecule has 2 saturated carbocycles. The molecule has 5 unspecified atom stereocenters. The highest BCUT2D eigenvalue weighted by atomic mass is 32.2. The molecular formula is C21H35NOS. The first-order chi connectivity index (χ1) is 11.8. The summed E-state index contributed by atoms with van der Waals surface area (Å²) in [6.45, 7) is 5.60. The van der Waals surface area contributed by atoms with E-state index in [1.807, 2.05) is 11.1 Å². The minimum atomic E-state index is 0.535. The van der Waals surface area contributed by atoms with E-state index in [-0.39, 0.29) is 0 Å². The fourth-order valence-electron chi connectivity index (χ4n) is 5.80. The molecule has 3 heteroatoms. The number of hydrogen-bond acceptors (Lipinski definition) is 3. The summed E-state index contributed by atoms with van der Waals surface area (Å²) in [6, 6.07) is 0. The largest absolute Gasteiger partial charge is 0.378 e. The summed E-state index contributed by atoms with van der Waals surface area (Å²) in [6.07, 6.45) is 13.1. The number of likely N-dealkylation sites (tertiary alicyclic amines) is 1. The number of piperidine rings is 1. The predicted molar refractivity (Wildman–Crippen MR) is 104 cm³/mol. The number of hydrogen-bond donors (Lipinski definition) is 0. The van der Waals surface area contributed by atoms with Crippen molar-refractivity contribution in [3.05, 3.63) is 11.1 Å². The lowest BCUT2D eigenvalue weighted by molar-refractivity contribution is 0.0291. The second-order valence-electron chi connectivity index (χ2n) is 8.46. The van der Waals surface area contributed by atoms with Crippen LogP contribution in [0.3, 0.4) is 0 Å². The smallest absolute Gasteiger partial charge is 0.0586 e. The fraction of sp³-hybridized carbons (Fsp3) is 0.905. The molecule has 0 aromatic heterocycles. The van der Waals surface area contributed by atoms with Gasteiger partial charge in [0.05, 0.1) is 6.10 Å². The van der Waals surface area contributed by atoms with Crippen LogP contribution < -0.4 is 0 Å². The van der Waals surface area contributed by atoms with Gasteiger partial charge >= 0.3 is 0 Å². The SMILES string of the molecule is CCOC1CCC2C(=C3CCN(C)CC3)C3CCCCC3SC2C1. The van der Waals surface area contributed by atoms with E-state index in [9.17, 15) is 0 Å². The highest BCUT2D eigenvalue weighted by molar-refractivity contribution is 8.00. The number of thioether (sulfide) groups is 1. The minimum Gasteiger partial charge on any atom is -0.378 e. The third-order valence-corrected chi connectivity index (χ3v) is 8.78. The first kappa shape index (κ1) is 17.4. The van der Waals surface area contributed by atoms with E-state index in [1.165, 1.54) is 70.9 Å². The molecule has 5 atom stereocenters. The van der Waals surface area contributed by atoms with Gasteiger partial charge in [0.25, 0.3) is 0 Å². The van der Waals surface area contributed by atoms with Gasteiger partial charge in [0.15, 0.2) is 0 Å². The quantitative estimate of drug-likeness (QED) is 0.659. The third kappa shape index (κ3) is 3.46. The Morgan fingerprint density at radius 1 is 1.00 bits per heavy atom. The van der Waals surface area contributed by atoms with Crippen LogP contribution >= 0.6 is 11.8 Å². The zero-order valence-corrected chi connectivity index (χ0v) is 16.5. The maximum Gasteiger partial charge on any atom is 0.0586 e. The Morgan fingerprint density at radius 2 is 1.75 bits per heavy atom. The van der Waals surface area contributed by atoms with Crippen LogP contribution in [-0.4, -0.2) is 48.2 Å². The van der Waals surface area contributed by atoms with E-state index in [1.54, 1.807) is 0 Å². The summed E-state index contributed by atoms with van der Waals surface area (Å²) in [7, 11) is 2.29. The van der Waals surface area contributed by atoms with Gasteiger partial charge in [-0.05, 0) is 70.8 Å². The Morgan fingerprint density at radius 3 is 2.54 bits per heavy atom. The van der Waals surface area contributed by atoms with Crippen molar-refractivity contribution >= 4 is 11.8 Å². The van der Waals surface area contributed by atoms with Crippen molar-refractivity contribution in [1.82, 2.24) is 4.90 Å². The third-order valence-electron chi connectivity index (χ3n) is 7.00. The zero-order valence-electron chi connectivity index (χ0n) is 15.6. The molecule has 2 nitrogen and oxygen atoms in total. The molecule has 4 fully saturated rings. The number of fused-ring (bicyclic) bond motifs is 2. The Kier molecular flexibility index (Phi) is 5.60. The van der Waals surface area contributed by atoms with Gasteiger partial charge < -0.3 is 9.64 Å². The van der Waals surface area contributed by atoms with Crippen molar-refractivity contribution in [2.45, 2.75) is 81.3 Å². The van der Waals surface area contributed by atoms with E-state index in [0.29, 0.717) is 6.10 Å². The van der Waals surface area contributed by atoms with Crippen LogP contribution in [0.15, 0.2) is 11.1 Å². The maximum atomic E-state index is 6.03. The van der Waals surface area contributed by atoms with Crippen LogP contribution in [0.25, 0.3) is 0 Å². The van der Waals surface area contributed by atoms with Crippen molar-refractivity contribution in [1.29, 1.82) is 0 Å². The summed E-state index contributed by atoms with van der Waals surface area (Å²) in [4.78, 5) is 2.52. The lowest BCUT2D eigenvalue weighted by Gasteiger charge is -2.50. The first-order valence-corrected chi connectivity index (χ1v) is 11.4. The average molecular weight is 350 g/mol. The van der Waals surface area contributed by atoms with Gasteiger partial charge in [0.1, 0.15) is 0 Å². The van der Waals surface area contributed by atoms with Crippen molar-refractivity contribution in [3.63, 3.8) is 0 Å². The van der Waals surface area contributed by atoms with Crippen molar-refractivity contribution in [3.8, 4) is 0 Å². The molecule has 4 aliphatic rings. The molecule has 2 aliphatic heterocycles. The van der Waals surface area contributed by atoms with E-state index >= 15 is 0 Å².